The zero-order valence-electron chi connectivity index (χ0n) is 11.0. The van der Waals surface area contributed by atoms with Gasteiger partial charge in [-0.05, 0) is 19.3 Å². The van der Waals surface area contributed by atoms with E-state index in [1.807, 2.05) is 0 Å². The van der Waals surface area contributed by atoms with Crippen LogP contribution in [0.1, 0.15) is 45.4 Å². The summed E-state index contributed by atoms with van der Waals surface area (Å²) in [5, 5.41) is 0. The molecule has 2 fully saturated rings. The van der Waals surface area contributed by atoms with Crippen LogP contribution in [0.2, 0.25) is 0 Å². The van der Waals surface area contributed by atoms with Crippen LogP contribution in [0.4, 0.5) is 0 Å². The van der Waals surface area contributed by atoms with Gasteiger partial charge in [-0.3, -0.25) is 4.90 Å². The molecule has 2 aliphatic rings. The Hall–Kier alpha value is -0.410. The molecule has 1 saturated carbocycles. The van der Waals surface area contributed by atoms with Gasteiger partial charge in [0.2, 0.25) is 0 Å². The number of hydrogen-bond acceptors (Lipinski definition) is 3. The standard InChI is InChI=1S/C14H25NO2/c1-2-13-10-17-9-8-15(13)11-14(12-16)6-4-3-5-7-14/h12-13H,2-11H2,1H3. The van der Waals surface area contributed by atoms with Crippen LogP contribution in [-0.4, -0.2) is 43.5 Å². The van der Waals surface area contributed by atoms with Gasteiger partial charge in [0.25, 0.3) is 0 Å². The summed E-state index contributed by atoms with van der Waals surface area (Å²) in [6, 6.07) is 0.516. The molecule has 1 aliphatic carbocycles. The SMILES string of the molecule is CCC1COCCN1CC1(C=O)CCCCC1. The molecule has 2 rings (SSSR count). The average molecular weight is 239 g/mol. The van der Waals surface area contributed by atoms with Crippen molar-refractivity contribution in [1.29, 1.82) is 0 Å². The number of carbonyl (C=O) groups is 1. The van der Waals surface area contributed by atoms with Gasteiger partial charge in [0.15, 0.2) is 0 Å². The van der Waals surface area contributed by atoms with Crippen LogP contribution in [0, 0.1) is 5.41 Å². The van der Waals surface area contributed by atoms with Crippen LogP contribution < -0.4 is 0 Å². The second-order valence-electron chi connectivity index (χ2n) is 5.65. The number of hydrogen-bond donors (Lipinski definition) is 0. The van der Waals surface area contributed by atoms with Crippen molar-refractivity contribution < 1.29 is 9.53 Å². The topological polar surface area (TPSA) is 29.5 Å². The van der Waals surface area contributed by atoms with Gasteiger partial charge in [-0.2, -0.15) is 0 Å². The maximum absolute atomic E-state index is 11.5. The first-order valence-electron chi connectivity index (χ1n) is 7.08. The van der Waals surface area contributed by atoms with Crippen LogP contribution in [0.5, 0.6) is 0 Å². The van der Waals surface area contributed by atoms with Crippen LogP contribution in [0.25, 0.3) is 0 Å². The maximum Gasteiger partial charge on any atom is 0.127 e. The molecule has 3 heteroatoms. The monoisotopic (exact) mass is 239 g/mol. The lowest BCUT2D eigenvalue weighted by Gasteiger charge is -2.42. The molecule has 0 aromatic rings. The Labute approximate surface area is 105 Å². The Bertz CT molecular complexity index is 249. The van der Waals surface area contributed by atoms with Crippen molar-refractivity contribution in [2.75, 3.05) is 26.3 Å². The van der Waals surface area contributed by atoms with E-state index in [-0.39, 0.29) is 5.41 Å². The van der Waals surface area contributed by atoms with Crippen molar-refractivity contribution >= 4 is 6.29 Å². The predicted octanol–water partition coefficient (Wildman–Crippen LogP) is 2.25. The van der Waals surface area contributed by atoms with Gasteiger partial charge in [-0.1, -0.05) is 26.2 Å². The molecular formula is C14H25NO2. The lowest BCUT2D eigenvalue weighted by atomic mass is 9.74. The van der Waals surface area contributed by atoms with E-state index in [9.17, 15) is 4.79 Å². The Balaban J connectivity index is 1.98. The van der Waals surface area contributed by atoms with Crippen LogP contribution >= 0.6 is 0 Å². The van der Waals surface area contributed by atoms with Crippen molar-refractivity contribution in [3.05, 3.63) is 0 Å². The fourth-order valence-corrected chi connectivity index (χ4v) is 3.25. The largest absolute Gasteiger partial charge is 0.378 e. The van der Waals surface area contributed by atoms with E-state index in [1.165, 1.54) is 25.5 Å². The van der Waals surface area contributed by atoms with Crippen molar-refractivity contribution in [3.63, 3.8) is 0 Å². The molecular weight excluding hydrogens is 214 g/mol. The van der Waals surface area contributed by atoms with E-state index in [4.69, 9.17) is 4.74 Å². The van der Waals surface area contributed by atoms with E-state index >= 15 is 0 Å². The van der Waals surface area contributed by atoms with Gasteiger partial charge in [0, 0.05) is 24.5 Å². The van der Waals surface area contributed by atoms with E-state index in [0.29, 0.717) is 6.04 Å². The third-order valence-corrected chi connectivity index (χ3v) is 4.44. The highest BCUT2D eigenvalue weighted by Crippen LogP contribution is 2.36. The molecule has 0 radical (unpaired) electrons. The minimum absolute atomic E-state index is 0.0526. The van der Waals surface area contributed by atoms with Crippen molar-refractivity contribution in [2.24, 2.45) is 5.41 Å². The highest BCUT2D eigenvalue weighted by atomic mass is 16.5. The number of nitrogens with zero attached hydrogens (tertiary/aromatic N) is 1. The summed E-state index contributed by atoms with van der Waals surface area (Å²) in [6.07, 6.45) is 8.29. The summed E-state index contributed by atoms with van der Waals surface area (Å²) in [5.41, 5.74) is -0.0526. The molecule has 1 unspecified atom stereocenters. The zero-order chi connectivity index (χ0) is 12.1. The number of rotatable bonds is 4. The van der Waals surface area contributed by atoms with E-state index in [0.717, 1.165) is 45.6 Å². The lowest BCUT2D eigenvalue weighted by molar-refractivity contribution is -0.121. The third kappa shape index (κ3) is 3.08. The van der Waals surface area contributed by atoms with Crippen molar-refractivity contribution in [2.45, 2.75) is 51.5 Å². The molecule has 1 heterocycles. The molecule has 0 bridgehead atoms. The molecule has 17 heavy (non-hydrogen) atoms. The lowest BCUT2D eigenvalue weighted by Crippen LogP contribution is -2.50. The average Bonchev–Trinajstić information content (AvgIpc) is 2.40. The predicted molar refractivity (Wildman–Crippen MR) is 68.1 cm³/mol. The molecule has 1 saturated heterocycles. The molecule has 0 N–H and O–H groups in total. The first-order chi connectivity index (χ1) is 8.29. The van der Waals surface area contributed by atoms with Gasteiger partial charge in [-0.25, -0.2) is 0 Å². The summed E-state index contributed by atoms with van der Waals surface area (Å²) in [5.74, 6) is 0. The maximum atomic E-state index is 11.5. The Morgan fingerprint density at radius 1 is 1.35 bits per heavy atom. The quantitative estimate of drug-likeness (QED) is 0.705. The van der Waals surface area contributed by atoms with Gasteiger partial charge in [0.1, 0.15) is 6.29 Å². The number of aldehydes is 1. The number of ether oxygens (including phenoxy) is 1. The Morgan fingerprint density at radius 3 is 2.76 bits per heavy atom. The first-order valence-corrected chi connectivity index (χ1v) is 7.08. The second-order valence-corrected chi connectivity index (χ2v) is 5.65. The highest BCUT2D eigenvalue weighted by Gasteiger charge is 2.36. The molecule has 1 atom stereocenters. The summed E-state index contributed by atoms with van der Waals surface area (Å²) in [6.45, 7) is 5.82. The van der Waals surface area contributed by atoms with Gasteiger partial charge >= 0.3 is 0 Å². The van der Waals surface area contributed by atoms with Crippen molar-refractivity contribution in [1.82, 2.24) is 4.90 Å². The molecule has 1 aliphatic heterocycles. The third-order valence-electron chi connectivity index (χ3n) is 4.44. The highest BCUT2D eigenvalue weighted by molar-refractivity contribution is 5.60. The Morgan fingerprint density at radius 2 is 2.12 bits per heavy atom. The minimum atomic E-state index is -0.0526. The van der Waals surface area contributed by atoms with Crippen LogP contribution in [-0.2, 0) is 9.53 Å². The second kappa shape index (κ2) is 5.96. The van der Waals surface area contributed by atoms with Gasteiger partial charge in [0.05, 0.1) is 13.2 Å². The zero-order valence-corrected chi connectivity index (χ0v) is 11.0. The smallest absolute Gasteiger partial charge is 0.127 e. The molecule has 0 spiro atoms. The molecule has 0 aromatic heterocycles. The minimum Gasteiger partial charge on any atom is -0.378 e. The number of morpholine rings is 1. The van der Waals surface area contributed by atoms with E-state index in [1.54, 1.807) is 0 Å². The van der Waals surface area contributed by atoms with E-state index < -0.39 is 0 Å². The first kappa shape index (κ1) is 13.0. The van der Waals surface area contributed by atoms with Crippen LogP contribution in [0.15, 0.2) is 0 Å². The summed E-state index contributed by atoms with van der Waals surface area (Å²) in [4.78, 5) is 14.0. The van der Waals surface area contributed by atoms with Gasteiger partial charge < -0.3 is 9.53 Å². The fraction of sp³-hybridized carbons (Fsp3) is 0.929. The Kier molecular flexibility index (Phi) is 4.57. The summed E-state index contributed by atoms with van der Waals surface area (Å²) >= 11 is 0. The fourth-order valence-electron chi connectivity index (χ4n) is 3.25. The van der Waals surface area contributed by atoms with Crippen molar-refractivity contribution in [3.8, 4) is 0 Å². The normalized spacial score (nSPS) is 30.1. The number of carbonyl (C=O) groups excluding carboxylic acids is 1. The molecule has 0 aromatic carbocycles. The summed E-state index contributed by atoms with van der Waals surface area (Å²) < 4.78 is 5.53. The molecule has 98 valence electrons. The molecule has 3 nitrogen and oxygen atoms in total. The van der Waals surface area contributed by atoms with Gasteiger partial charge in [-0.15, -0.1) is 0 Å². The van der Waals surface area contributed by atoms with Crippen LogP contribution in [0.3, 0.4) is 0 Å². The summed E-state index contributed by atoms with van der Waals surface area (Å²) in [7, 11) is 0. The molecule has 0 amide bonds. The van der Waals surface area contributed by atoms with E-state index in [2.05, 4.69) is 11.8 Å².